The highest BCUT2D eigenvalue weighted by Crippen LogP contribution is 2.20. The van der Waals surface area contributed by atoms with Crippen LogP contribution >= 0.6 is 11.3 Å². The van der Waals surface area contributed by atoms with Gasteiger partial charge >= 0.3 is 0 Å². The highest BCUT2D eigenvalue weighted by atomic mass is 32.1. The lowest BCUT2D eigenvalue weighted by molar-refractivity contribution is 0.550. The first-order valence-electron chi connectivity index (χ1n) is 5.54. The molecule has 0 bridgehead atoms. The van der Waals surface area contributed by atoms with Crippen molar-refractivity contribution in [1.29, 1.82) is 0 Å². The molecule has 0 aliphatic rings. The highest BCUT2D eigenvalue weighted by Gasteiger charge is 2.11. The van der Waals surface area contributed by atoms with Crippen molar-refractivity contribution in [1.82, 2.24) is 10.3 Å². The number of likely N-dealkylation sites (N-methyl/N-ethyl adjacent to an activating group) is 1. The Balaban J connectivity index is 2.09. The van der Waals surface area contributed by atoms with Gasteiger partial charge in [-0.25, -0.2) is 0 Å². The second kappa shape index (κ2) is 5.77. The molecule has 2 heterocycles. The molecule has 0 aliphatic carbocycles. The smallest absolute Gasteiger partial charge is 0.0369 e. The monoisotopic (exact) mass is 232 g/mol. The van der Waals surface area contributed by atoms with Gasteiger partial charge in [0, 0.05) is 18.4 Å². The van der Waals surface area contributed by atoms with E-state index >= 15 is 0 Å². The molecular formula is C13H16N2S. The predicted octanol–water partition coefficient (Wildman–Crippen LogP) is 3.04. The zero-order chi connectivity index (χ0) is 11.2. The van der Waals surface area contributed by atoms with Crippen LogP contribution in [-0.4, -0.2) is 11.5 Å². The second-order valence-corrected chi connectivity index (χ2v) is 4.51. The van der Waals surface area contributed by atoms with Crippen molar-refractivity contribution in [3.8, 4) is 0 Å². The largest absolute Gasteiger partial charge is 0.310 e. The summed E-state index contributed by atoms with van der Waals surface area (Å²) in [6.07, 6.45) is 4.76. The fraction of sp³-hybridized carbons (Fsp3) is 0.308. The average Bonchev–Trinajstić information content (AvgIpc) is 2.83. The van der Waals surface area contributed by atoms with Gasteiger partial charge in [-0.15, -0.1) is 0 Å². The number of aromatic nitrogens is 1. The Hall–Kier alpha value is -1.19. The topological polar surface area (TPSA) is 24.9 Å². The van der Waals surface area contributed by atoms with E-state index in [1.807, 2.05) is 18.5 Å². The van der Waals surface area contributed by atoms with Crippen LogP contribution in [-0.2, 0) is 6.42 Å². The standard InChI is InChI=1S/C13H16N2S/c1-2-15-13(12-5-7-16-10-12)8-11-4-3-6-14-9-11/h3-7,9-10,13,15H,2,8H2,1H3. The van der Waals surface area contributed by atoms with Crippen molar-refractivity contribution >= 4 is 11.3 Å². The summed E-state index contributed by atoms with van der Waals surface area (Å²) in [5, 5.41) is 7.85. The van der Waals surface area contributed by atoms with Crippen LogP contribution in [0.1, 0.15) is 24.1 Å². The van der Waals surface area contributed by atoms with Gasteiger partial charge in [0.25, 0.3) is 0 Å². The van der Waals surface area contributed by atoms with Crippen LogP contribution in [0, 0.1) is 0 Å². The summed E-state index contributed by atoms with van der Waals surface area (Å²) < 4.78 is 0. The number of rotatable bonds is 5. The van der Waals surface area contributed by atoms with E-state index in [0.29, 0.717) is 6.04 Å². The molecular weight excluding hydrogens is 216 g/mol. The van der Waals surface area contributed by atoms with E-state index in [9.17, 15) is 0 Å². The molecule has 0 fully saturated rings. The third-order valence-electron chi connectivity index (χ3n) is 2.56. The number of pyridine rings is 1. The van der Waals surface area contributed by atoms with Crippen LogP contribution in [0.4, 0.5) is 0 Å². The first kappa shape index (κ1) is 11.3. The number of hydrogen-bond donors (Lipinski definition) is 1. The molecule has 1 atom stereocenters. The molecule has 1 N–H and O–H groups in total. The van der Waals surface area contributed by atoms with Crippen LogP contribution in [0.15, 0.2) is 41.4 Å². The van der Waals surface area contributed by atoms with Crippen LogP contribution in [0.2, 0.25) is 0 Å². The molecule has 0 spiro atoms. The Morgan fingerprint density at radius 2 is 2.38 bits per heavy atom. The molecule has 3 heteroatoms. The van der Waals surface area contributed by atoms with Gasteiger partial charge in [0.05, 0.1) is 0 Å². The van der Waals surface area contributed by atoms with Crippen molar-refractivity contribution < 1.29 is 0 Å². The van der Waals surface area contributed by atoms with Crippen LogP contribution in [0.25, 0.3) is 0 Å². The molecule has 2 aromatic rings. The third kappa shape index (κ3) is 2.90. The number of thiophene rings is 1. The summed E-state index contributed by atoms with van der Waals surface area (Å²) in [5.74, 6) is 0. The summed E-state index contributed by atoms with van der Waals surface area (Å²) >= 11 is 1.75. The Labute approximate surface area is 100 Å². The Kier molecular flexibility index (Phi) is 4.08. The van der Waals surface area contributed by atoms with Gasteiger partial charge in [-0.3, -0.25) is 4.98 Å². The lowest BCUT2D eigenvalue weighted by Crippen LogP contribution is -2.22. The maximum Gasteiger partial charge on any atom is 0.0369 e. The molecule has 0 aliphatic heterocycles. The van der Waals surface area contributed by atoms with Gasteiger partial charge in [-0.2, -0.15) is 11.3 Å². The van der Waals surface area contributed by atoms with Crippen molar-refractivity contribution in [2.24, 2.45) is 0 Å². The Morgan fingerprint density at radius 3 is 3.00 bits per heavy atom. The van der Waals surface area contributed by atoms with Crippen molar-refractivity contribution in [2.75, 3.05) is 6.54 Å². The molecule has 2 rings (SSSR count). The lowest BCUT2D eigenvalue weighted by atomic mass is 10.0. The second-order valence-electron chi connectivity index (χ2n) is 3.73. The van der Waals surface area contributed by atoms with Gasteiger partial charge in [0.1, 0.15) is 0 Å². The van der Waals surface area contributed by atoms with Gasteiger partial charge in [-0.1, -0.05) is 13.0 Å². The fourth-order valence-electron chi connectivity index (χ4n) is 1.78. The number of nitrogens with zero attached hydrogens (tertiary/aromatic N) is 1. The van der Waals surface area contributed by atoms with Crippen molar-refractivity contribution in [2.45, 2.75) is 19.4 Å². The van der Waals surface area contributed by atoms with Gasteiger partial charge in [0.2, 0.25) is 0 Å². The molecule has 0 radical (unpaired) electrons. The van der Waals surface area contributed by atoms with Crippen molar-refractivity contribution in [3.63, 3.8) is 0 Å². The van der Waals surface area contributed by atoms with Crippen LogP contribution in [0.5, 0.6) is 0 Å². The van der Waals surface area contributed by atoms with E-state index in [0.717, 1.165) is 13.0 Å². The van der Waals surface area contributed by atoms with E-state index in [1.165, 1.54) is 11.1 Å². The minimum atomic E-state index is 0.403. The zero-order valence-electron chi connectivity index (χ0n) is 9.39. The van der Waals surface area contributed by atoms with Gasteiger partial charge in [-0.05, 0) is 47.0 Å². The van der Waals surface area contributed by atoms with Crippen LogP contribution < -0.4 is 5.32 Å². The Bertz CT molecular complexity index is 397. The lowest BCUT2D eigenvalue weighted by Gasteiger charge is -2.16. The summed E-state index contributed by atoms with van der Waals surface area (Å²) in [6, 6.07) is 6.71. The van der Waals surface area contributed by atoms with E-state index in [1.54, 1.807) is 11.3 Å². The molecule has 0 aromatic carbocycles. The Morgan fingerprint density at radius 1 is 1.44 bits per heavy atom. The third-order valence-corrected chi connectivity index (χ3v) is 3.26. The first-order valence-corrected chi connectivity index (χ1v) is 6.49. The van der Waals surface area contributed by atoms with E-state index in [2.05, 4.69) is 40.1 Å². The quantitative estimate of drug-likeness (QED) is 0.857. The average molecular weight is 232 g/mol. The minimum absolute atomic E-state index is 0.403. The van der Waals surface area contributed by atoms with Gasteiger partial charge in [0.15, 0.2) is 0 Å². The highest BCUT2D eigenvalue weighted by molar-refractivity contribution is 7.07. The molecule has 2 nitrogen and oxygen atoms in total. The first-order chi connectivity index (χ1) is 7.90. The fourth-order valence-corrected chi connectivity index (χ4v) is 2.50. The molecule has 2 aromatic heterocycles. The zero-order valence-corrected chi connectivity index (χ0v) is 10.2. The van der Waals surface area contributed by atoms with E-state index in [4.69, 9.17) is 0 Å². The molecule has 0 saturated heterocycles. The summed E-state index contributed by atoms with van der Waals surface area (Å²) in [5.41, 5.74) is 2.65. The molecule has 0 amide bonds. The van der Waals surface area contributed by atoms with E-state index in [-0.39, 0.29) is 0 Å². The van der Waals surface area contributed by atoms with Crippen molar-refractivity contribution in [3.05, 3.63) is 52.5 Å². The van der Waals surface area contributed by atoms with Gasteiger partial charge < -0.3 is 5.32 Å². The summed E-state index contributed by atoms with van der Waals surface area (Å²) in [6.45, 7) is 3.13. The SMILES string of the molecule is CCNC(Cc1cccnc1)c1ccsc1. The number of hydrogen-bond acceptors (Lipinski definition) is 3. The maximum atomic E-state index is 4.15. The predicted molar refractivity (Wildman–Crippen MR) is 68.7 cm³/mol. The van der Waals surface area contributed by atoms with Crippen LogP contribution in [0.3, 0.4) is 0 Å². The summed E-state index contributed by atoms with van der Waals surface area (Å²) in [4.78, 5) is 4.15. The maximum absolute atomic E-state index is 4.15. The number of nitrogens with one attached hydrogen (secondary N) is 1. The molecule has 84 valence electrons. The minimum Gasteiger partial charge on any atom is -0.310 e. The molecule has 16 heavy (non-hydrogen) atoms. The molecule has 1 unspecified atom stereocenters. The van der Waals surface area contributed by atoms with E-state index < -0.39 is 0 Å². The molecule has 0 saturated carbocycles. The summed E-state index contributed by atoms with van der Waals surface area (Å²) in [7, 11) is 0. The normalized spacial score (nSPS) is 12.6.